The molecule has 1 saturated heterocycles. The number of nitrogens with one attached hydrogen (secondary N) is 1. The Bertz CT molecular complexity index is 642. The molecule has 0 amide bonds. The zero-order chi connectivity index (χ0) is 15.5. The van der Waals surface area contributed by atoms with Crippen molar-refractivity contribution >= 4 is 11.8 Å². The van der Waals surface area contributed by atoms with Crippen LogP contribution >= 0.6 is 0 Å². The van der Waals surface area contributed by atoms with Crippen LogP contribution in [0.4, 0.5) is 11.8 Å². The summed E-state index contributed by atoms with van der Waals surface area (Å²) in [5, 5.41) is 3.06. The first-order valence-corrected chi connectivity index (χ1v) is 7.35. The van der Waals surface area contributed by atoms with E-state index in [4.69, 9.17) is 4.74 Å². The van der Waals surface area contributed by atoms with Crippen LogP contribution in [0.2, 0.25) is 0 Å². The summed E-state index contributed by atoms with van der Waals surface area (Å²) in [5.74, 6) is 1.50. The van der Waals surface area contributed by atoms with Gasteiger partial charge in [0.1, 0.15) is 17.6 Å². The summed E-state index contributed by atoms with van der Waals surface area (Å²) < 4.78 is 5.88. The number of aryl methyl sites for hydroxylation is 2. The van der Waals surface area contributed by atoms with E-state index in [1.807, 2.05) is 27.0 Å². The van der Waals surface area contributed by atoms with Gasteiger partial charge >= 0.3 is 0 Å². The molecule has 0 aliphatic carbocycles. The Morgan fingerprint density at radius 2 is 1.91 bits per heavy atom. The van der Waals surface area contributed by atoms with Gasteiger partial charge in [0.2, 0.25) is 5.95 Å². The van der Waals surface area contributed by atoms with Crippen LogP contribution in [0.5, 0.6) is 0 Å². The summed E-state index contributed by atoms with van der Waals surface area (Å²) in [6.45, 7) is 6.02. The molecule has 0 radical (unpaired) electrons. The number of rotatable bonds is 3. The summed E-state index contributed by atoms with van der Waals surface area (Å²) in [7, 11) is 1.83. The molecule has 2 aromatic rings. The van der Waals surface area contributed by atoms with E-state index in [2.05, 4.69) is 30.2 Å². The van der Waals surface area contributed by atoms with Crippen LogP contribution in [-0.2, 0) is 4.74 Å². The first kappa shape index (κ1) is 14.6. The highest BCUT2D eigenvalue weighted by molar-refractivity contribution is 5.42. The highest BCUT2D eigenvalue weighted by Gasteiger charge is 2.27. The second-order valence-electron chi connectivity index (χ2n) is 5.30. The fourth-order valence-corrected chi connectivity index (χ4v) is 2.62. The molecule has 3 rings (SSSR count). The smallest absolute Gasteiger partial charge is 0.225 e. The SMILES string of the molecule is CNc1nccnc1[C@@H]1CN(c2nc(C)cc(C)n2)CCO1. The lowest BCUT2D eigenvalue weighted by Gasteiger charge is -2.33. The number of ether oxygens (including phenoxy) is 1. The van der Waals surface area contributed by atoms with Crippen LogP contribution < -0.4 is 10.2 Å². The first-order chi connectivity index (χ1) is 10.7. The highest BCUT2D eigenvalue weighted by Crippen LogP contribution is 2.26. The maximum absolute atomic E-state index is 5.88. The van der Waals surface area contributed by atoms with Crippen molar-refractivity contribution in [1.82, 2.24) is 19.9 Å². The Morgan fingerprint density at radius 1 is 1.18 bits per heavy atom. The van der Waals surface area contributed by atoms with E-state index < -0.39 is 0 Å². The van der Waals surface area contributed by atoms with Crippen LogP contribution in [0.25, 0.3) is 0 Å². The predicted octanol–water partition coefficient (Wildman–Crippen LogP) is 1.50. The minimum absolute atomic E-state index is 0.144. The average molecular weight is 300 g/mol. The van der Waals surface area contributed by atoms with E-state index in [1.54, 1.807) is 12.4 Å². The van der Waals surface area contributed by atoms with Gasteiger partial charge in [-0.25, -0.2) is 15.0 Å². The number of hydrogen-bond acceptors (Lipinski definition) is 7. The number of nitrogens with zero attached hydrogens (tertiary/aromatic N) is 5. The molecular formula is C15H20N6O. The van der Waals surface area contributed by atoms with Crippen molar-refractivity contribution in [2.75, 3.05) is 37.0 Å². The Labute approximate surface area is 129 Å². The average Bonchev–Trinajstić information content (AvgIpc) is 2.54. The molecule has 22 heavy (non-hydrogen) atoms. The molecule has 1 fully saturated rings. The number of morpholine rings is 1. The zero-order valence-electron chi connectivity index (χ0n) is 13.1. The third-order valence-electron chi connectivity index (χ3n) is 3.59. The van der Waals surface area contributed by atoms with Gasteiger partial charge in [0.15, 0.2) is 0 Å². The lowest BCUT2D eigenvalue weighted by Crippen LogP contribution is -2.40. The summed E-state index contributed by atoms with van der Waals surface area (Å²) in [6.07, 6.45) is 3.21. The van der Waals surface area contributed by atoms with Gasteiger partial charge in [-0.15, -0.1) is 0 Å². The topological polar surface area (TPSA) is 76.1 Å². The van der Waals surface area contributed by atoms with Gasteiger partial charge in [-0.2, -0.15) is 0 Å². The van der Waals surface area contributed by atoms with Gasteiger partial charge < -0.3 is 15.0 Å². The number of aromatic nitrogens is 4. The quantitative estimate of drug-likeness (QED) is 0.920. The van der Waals surface area contributed by atoms with Gasteiger partial charge in [0, 0.05) is 37.4 Å². The van der Waals surface area contributed by atoms with Gasteiger partial charge in [0.25, 0.3) is 0 Å². The van der Waals surface area contributed by atoms with E-state index >= 15 is 0 Å². The molecule has 1 aliphatic heterocycles. The van der Waals surface area contributed by atoms with Crippen molar-refractivity contribution in [3.63, 3.8) is 0 Å². The summed E-state index contributed by atoms with van der Waals surface area (Å²) >= 11 is 0. The fourth-order valence-electron chi connectivity index (χ4n) is 2.62. The molecule has 2 aromatic heterocycles. The Kier molecular flexibility index (Phi) is 4.15. The molecule has 1 atom stereocenters. The summed E-state index contributed by atoms with van der Waals surface area (Å²) in [5.41, 5.74) is 2.76. The Balaban J connectivity index is 1.85. The lowest BCUT2D eigenvalue weighted by molar-refractivity contribution is 0.0367. The van der Waals surface area contributed by atoms with Crippen molar-refractivity contribution in [2.24, 2.45) is 0 Å². The summed E-state index contributed by atoms with van der Waals surface area (Å²) in [4.78, 5) is 19.9. The predicted molar refractivity (Wildman–Crippen MR) is 84.0 cm³/mol. The minimum Gasteiger partial charge on any atom is -0.372 e. The zero-order valence-corrected chi connectivity index (χ0v) is 13.1. The first-order valence-electron chi connectivity index (χ1n) is 7.35. The van der Waals surface area contributed by atoms with Gasteiger partial charge in [-0.1, -0.05) is 0 Å². The number of hydrogen-bond donors (Lipinski definition) is 1. The van der Waals surface area contributed by atoms with Gasteiger partial charge in [-0.3, -0.25) is 4.98 Å². The van der Waals surface area contributed by atoms with Gasteiger partial charge in [-0.05, 0) is 19.9 Å². The van der Waals surface area contributed by atoms with Crippen molar-refractivity contribution in [2.45, 2.75) is 20.0 Å². The molecule has 0 spiro atoms. The van der Waals surface area contributed by atoms with Crippen molar-refractivity contribution < 1.29 is 4.74 Å². The molecule has 0 bridgehead atoms. The third-order valence-corrected chi connectivity index (χ3v) is 3.59. The Hall–Kier alpha value is -2.28. The van der Waals surface area contributed by atoms with Gasteiger partial charge in [0.05, 0.1) is 13.2 Å². The van der Waals surface area contributed by atoms with Crippen LogP contribution in [0.15, 0.2) is 18.5 Å². The second-order valence-corrected chi connectivity index (χ2v) is 5.30. The molecule has 0 aromatic carbocycles. The number of anilines is 2. The van der Waals surface area contributed by atoms with Crippen LogP contribution in [-0.4, -0.2) is 46.7 Å². The van der Waals surface area contributed by atoms with E-state index in [9.17, 15) is 0 Å². The standard InChI is InChI=1S/C15H20N6O/c1-10-8-11(2)20-15(19-10)21-6-7-22-12(9-21)13-14(16-3)18-5-4-17-13/h4-5,8,12H,6-7,9H2,1-3H3,(H,16,18)/t12-/m0/s1. The molecule has 116 valence electrons. The normalized spacial score (nSPS) is 18.3. The van der Waals surface area contributed by atoms with Crippen molar-refractivity contribution in [1.29, 1.82) is 0 Å². The molecule has 3 heterocycles. The molecule has 7 nitrogen and oxygen atoms in total. The summed E-state index contributed by atoms with van der Waals surface area (Å²) in [6, 6.07) is 1.98. The van der Waals surface area contributed by atoms with Crippen molar-refractivity contribution in [3.05, 3.63) is 35.5 Å². The molecular weight excluding hydrogens is 280 g/mol. The minimum atomic E-state index is -0.144. The molecule has 0 unspecified atom stereocenters. The third kappa shape index (κ3) is 2.99. The monoisotopic (exact) mass is 300 g/mol. The van der Waals surface area contributed by atoms with E-state index in [1.165, 1.54) is 0 Å². The van der Waals surface area contributed by atoms with Crippen LogP contribution in [0, 0.1) is 13.8 Å². The van der Waals surface area contributed by atoms with Crippen LogP contribution in [0.3, 0.4) is 0 Å². The lowest BCUT2D eigenvalue weighted by atomic mass is 10.2. The largest absolute Gasteiger partial charge is 0.372 e. The maximum atomic E-state index is 5.88. The molecule has 0 saturated carbocycles. The highest BCUT2D eigenvalue weighted by atomic mass is 16.5. The van der Waals surface area contributed by atoms with E-state index in [0.717, 1.165) is 35.4 Å². The Morgan fingerprint density at radius 3 is 2.64 bits per heavy atom. The van der Waals surface area contributed by atoms with E-state index in [-0.39, 0.29) is 6.10 Å². The molecule has 1 aliphatic rings. The maximum Gasteiger partial charge on any atom is 0.225 e. The van der Waals surface area contributed by atoms with E-state index in [0.29, 0.717) is 13.2 Å². The van der Waals surface area contributed by atoms with Crippen molar-refractivity contribution in [3.8, 4) is 0 Å². The second kappa shape index (κ2) is 6.23. The van der Waals surface area contributed by atoms with Crippen LogP contribution in [0.1, 0.15) is 23.2 Å². The molecule has 1 N–H and O–H groups in total. The fraction of sp³-hybridized carbons (Fsp3) is 0.467. The molecule has 7 heteroatoms.